The third-order valence-corrected chi connectivity index (χ3v) is 2.83. The Bertz CT molecular complexity index is 463. The number of carbonyl (C=O) groups excluding carboxylic acids is 1. The Morgan fingerprint density at radius 3 is 2.53 bits per heavy atom. The number of hydrogen-bond acceptors (Lipinski definition) is 2. The van der Waals surface area contributed by atoms with Crippen LogP contribution in [0, 0.1) is 0 Å². The van der Waals surface area contributed by atoms with Crippen molar-refractivity contribution >= 4 is 23.2 Å². The molecule has 19 heavy (non-hydrogen) atoms. The maximum absolute atomic E-state index is 12.5. The normalized spacial score (nSPS) is 11.5. The molecule has 0 saturated heterocycles. The van der Waals surface area contributed by atoms with E-state index in [1.165, 1.54) is 25.1 Å². The van der Waals surface area contributed by atoms with Crippen molar-refractivity contribution in [3.63, 3.8) is 0 Å². The molecule has 0 saturated carbocycles. The zero-order valence-electron chi connectivity index (χ0n) is 10.4. The molecule has 106 valence electrons. The van der Waals surface area contributed by atoms with Crippen LogP contribution in [0.5, 0.6) is 0 Å². The van der Waals surface area contributed by atoms with Gasteiger partial charge in [0.25, 0.3) is 0 Å². The lowest BCUT2D eigenvalue weighted by molar-refractivity contribution is -0.137. The number of amides is 1. The summed E-state index contributed by atoms with van der Waals surface area (Å²) in [5.74, 6) is -0.288. The zero-order valence-corrected chi connectivity index (χ0v) is 11.2. The van der Waals surface area contributed by atoms with E-state index in [0.717, 1.165) is 12.1 Å². The topological polar surface area (TPSA) is 29.5 Å². The summed E-state index contributed by atoms with van der Waals surface area (Å²) in [6.07, 6.45) is -4.33. The summed E-state index contributed by atoms with van der Waals surface area (Å²) in [5.41, 5.74) is -0.616. The van der Waals surface area contributed by atoms with Crippen LogP contribution in [0.3, 0.4) is 0 Å². The van der Waals surface area contributed by atoms with Crippen molar-refractivity contribution in [3.8, 4) is 0 Å². The number of rotatable bonds is 4. The van der Waals surface area contributed by atoms with Crippen molar-refractivity contribution in [1.82, 2.24) is 0 Å². The summed E-state index contributed by atoms with van der Waals surface area (Å²) in [6.45, 7) is 0.238. The van der Waals surface area contributed by atoms with E-state index >= 15 is 0 Å². The molecule has 0 aliphatic carbocycles. The highest BCUT2D eigenvalue weighted by molar-refractivity contribution is 6.33. The van der Waals surface area contributed by atoms with E-state index in [2.05, 4.69) is 0 Å². The van der Waals surface area contributed by atoms with Crippen LogP contribution in [0.15, 0.2) is 18.2 Å². The molecule has 0 heterocycles. The number of halogens is 4. The van der Waals surface area contributed by atoms with Crippen molar-refractivity contribution in [2.24, 2.45) is 0 Å². The van der Waals surface area contributed by atoms with Gasteiger partial charge < -0.3 is 9.64 Å². The van der Waals surface area contributed by atoms with Crippen LogP contribution in [0.4, 0.5) is 18.9 Å². The molecule has 0 spiro atoms. The third kappa shape index (κ3) is 4.11. The van der Waals surface area contributed by atoms with Gasteiger partial charge in [-0.05, 0) is 18.2 Å². The van der Waals surface area contributed by atoms with Crippen LogP contribution in [0.1, 0.15) is 12.0 Å². The van der Waals surface area contributed by atoms with Gasteiger partial charge in [-0.15, -0.1) is 0 Å². The molecule has 0 N–H and O–H groups in total. The van der Waals surface area contributed by atoms with Gasteiger partial charge in [0.1, 0.15) is 0 Å². The van der Waals surface area contributed by atoms with E-state index in [4.69, 9.17) is 16.3 Å². The summed E-state index contributed by atoms with van der Waals surface area (Å²) in [4.78, 5) is 12.9. The van der Waals surface area contributed by atoms with E-state index in [1.54, 1.807) is 0 Å². The van der Waals surface area contributed by atoms with Gasteiger partial charge in [0, 0.05) is 14.2 Å². The molecule has 1 rings (SSSR count). The van der Waals surface area contributed by atoms with Crippen molar-refractivity contribution in [2.45, 2.75) is 12.6 Å². The minimum atomic E-state index is -4.46. The minimum absolute atomic E-state index is 0.122. The Morgan fingerprint density at radius 1 is 1.42 bits per heavy atom. The van der Waals surface area contributed by atoms with Gasteiger partial charge in [-0.25, -0.2) is 0 Å². The van der Waals surface area contributed by atoms with Gasteiger partial charge in [0.15, 0.2) is 0 Å². The lowest BCUT2D eigenvalue weighted by Crippen LogP contribution is -2.27. The van der Waals surface area contributed by atoms with Gasteiger partial charge in [-0.1, -0.05) is 11.6 Å². The lowest BCUT2D eigenvalue weighted by Gasteiger charge is -2.19. The van der Waals surface area contributed by atoms with E-state index in [1.807, 2.05) is 0 Å². The van der Waals surface area contributed by atoms with Crippen LogP contribution in [-0.2, 0) is 15.7 Å². The first-order chi connectivity index (χ1) is 8.77. The van der Waals surface area contributed by atoms with Gasteiger partial charge in [-0.2, -0.15) is 13.2 Å². The van der Waals surface area contributed by atoms with Gasteiger partial charge >= 0.3 is 6.18 Å². The number of anilines is 1. The molecule has 0 radical (unpaired) electrons. The Kier molecular flexibility index (Phi) is 5.20. The zero-order chi connectivity index (χ0) is 14.6. The monoisotopic (exact) mass is 295 g/mol. The SMILES string of the molecule is COCCC(=O)N(C)c1ccc(C(F)(F)F)cc1Cl. The quantitative estimate of drug-likeness (QED) is 0.852. The molecule has 0 fully saturated rings. The number of nitrogens with zero attached hydrogens (tertiary/aromatic N) is 1. The molecule has 1 aromatic carbocycles. The maximum atomic E-state index is 12.5. The largest absolute Gasteiger partial charge is 0.416 e. The molecule has 1 amide bonds. The molecule has 7 heteroatoms. The summed E-state index contributed by atoms with van der Waals surface area (Å²) in [6, 6.07) is 2.87. The highest BCUT2D eigenvalue weighted by Gasteiger charge is 2.31. The fourth-order valence-electron chi connectivity index (χ4n) is 1.45. The van der Waals surface area contributed by atoms with Gasteiger partial charge in [0.05, 0.1) is 29.3 Å². The summed E-state index contributed by atoms with van der Waals surface area (Å²) < 4.78 is 42.2. The van der Waals surface area contributed by atoms with Crippen LogP contribution < -0.4 is 4.90 Å². The molecule has 1 aromatic rings. The first-order valence-electron chi connectivity index (χ1n) is 5.39. The molecule has 0 aromatic heterocycles. The molecular weight excluding hydrogens is 283 g/mol. The Hall–Kier alpha value is -1.27. The summed E-state index contributed by atoms with van der Waals surface area (Å²) in [7, 11) is 2.91. The maximum Gasteiger partial charge on any atom is 0.416 e. The average molecular weight is 296 g/mol. The molecule has 0 aliphatic heterocycles. The fourth-order valence-corrected chi connectivity index (χ4v) is 1.75. The molecule has 0 aliphatic rings. The second kappa shape index (κ2) is 6.25. The smallest absolute Gasteiger partial charge is 0.384 e. The Morgan fingerprint density at radius 2 is 2.05 bits per heavy atom. The first kappa shape index (κ1) is 15.8. The number of carbonyl (C=O) groups is 1. The van der Waals surface area contributed by atoms with Crippen LogP contribution in [0.2, 0.25) is 5.02 Å². The number of hydrogen-bond donors (Lipinski definition) is 0. The molecule has 3 nitrogen and oxygen atoms in total. The second-order valence-corrected chi connectivity index (χ2v) is 4.27. The Labute approximate surface area is 113 Å². The second-order valence-electron chi connectivity index (χ2n) is 3.86. The predicted octanol–water partition coefficient (Wildman–Crippen LogP) is 3.36. The standard InChI is InChI=1S/C12H13ClF3NO2/c1-17(11(18)5-6-19-2)10-4-3-8(7-9(10)13)12(14,15)16/h3-4,7H,5-6H2,1-2H3. The number of methoxy groups -OCH3 is 1. The molecule has 0 atom stereocenters. The molecular formula is C12H13ClF3NO2. The van der Waals surface area contributed by atoms with Crippen LogP contribution >= 0.6 is 11.6 Å². The van der Waals surface area contributed by atoms with E-state index in [-0.39, 0.29) is 29.6 Å². The minimum Gasteiger partial charge on any atom is -0.384 e. The summed E-state index contributed by atoms with van der Waals surface area (Å²) in [5, 5.41) is -0.122. The van der Waals surface area contributed by atoms with E-state index < -0.39 is 11.7 Å². The lowest BCUT2D eigenvalue weighted by atomic mass is 10.2. The predicted molar refractivity (Wildman–Crippen MR) is 66.4 cm³/mol. The number of alkyl halides is 3. The van der Waals surface area contributed by atoms with Crippen LogP contribution in [-0.4, -0.2) is 26.7 Å². The number of ether oxygens (including phenoxy) is 1. The fraction of sp³-hybridized carbons (Fsp3) is 0.417. The van der Waals surface area contributed by atoms with E-state index in [0.29, 0.717) is 0 Å². The van der Waals surface area contributed by atoms with E-state index in [9.17, 15) is 18.0 Å². The van der Waals surface area contributed by atoms with Crippen LogP contribution in [0.25, 0.3) is 0 Å². The highest BCUT2D eigenvalue weighted by atomic mass is 35.5. The number of benzene rings is 1. The highest BCUT2D eigenvalue weighted by Crippen LogP contribution is 2.34. The average Bonchev–Trinajstić information content (AvgIpc) is 2.33. The van der Waals surface area contributed by atoms with Crippen molar-refractivity contribution < 1.29 is 22.7 Å². The Balaban J connectivity index is 2.93. The van der Waals surface area contributed by atoms with Gasteiger partial charge in [0.2, 0.25) is 5.91 Å². The first-order valence-corrected chi connectivity index (χ1v) is 5.77. The van der Waals surface area contributed by atoms with Crippen molar-refractivity contribution in [3.05, 3.63) is 28.8 Å². The molecule has 0 bridgehead atoms. The third-order valence-electron chi connectivity index (χ3n) is 2.53. The van der Waals surface area contributed by atoms with Crippen molar-refractivity contribution in [2.75, 3.05) is 25.7 Å². The van der Waals surface area contributed by atoms with Crippen molar-refractivity contribution in [1.29, 1.82) is 0 Å². The summed E-state index contributed by atoms with van der Waals surface area (Å²) >= 11 is 5.78. The van der Waals surface area contributed by atoms with Gasteiger partial charge in [-0.3, -0.25) is 4.79 Å². The molecule has 0 unspecified atom stereocenters.